The molecule has 2 aromatic rings. The van der Waals surface area contributed by atoms with Crippen molar-refractivity contribution in [1.82, 2.24) is 4.98 Å². The van der Waals surface area contributed by atoms with Gasteiger partial charge in [-0.2, -0.15) is 13.2 Å². The Labute approximate surface area is 139 Å². The third kappa shape index (κ3) is 3.09. The van der Waals surface area contributed by atoms with Gasteiger partial charge in [-0.3, -0.25) is 0 Å². The quantitative estimate of drug-likeness (QED) is 0.822. The summed E-state index contributed by atoms with van der Waals surface area (Å²) in [5, 5.41) is 2.08. The monoisotopic (exact) mass is 353 g/mol. The van der Waals surface area contributed by atoms with E-state index in [1.165, 1.54) is 37.7 Å². The SMILES string of the molecule is COc1cc(-c2ccc([SH]3C=CN=C3N)cc2C(F)(F)F)ccn1. The van der Waals surface area contributed by atoms with Gasteiger partial charge in [-0.1, -0.05) is 6.07 Å². The predicted octanol–water partition coefficient (Wildman–Crippen LogP) is 3.94. The van der Waals surface area contributed by atoms with Crippen molar-refractivity contribution >= 4 is 16.1 Å². The second kappa shape index (κ2) is 6.20. The highest BCUT2D eigenvalue weighted by Gasteiger charge is 2.34. The number of pyridine rings is 1. The van der Waals surface area contributed by atoms with E-state index in [9.17, 15) is 13.2 Å². The van der Waals surface area contributed by atoms with Gasteiger partial charge in [0, 0.05) is 18.5 Å². The zero-order valence-corrected chi connectivity index (χ0v) is 13.5. The lowest BCUT2D eigenvalue weighted by Gasteiger charge is -2.19. The number of nitrogens with two attached hydrogens (primary N) is 1. The van der Waals surface area contributed by atoms with Crippen LogP contribution in [-0.2, 0) is 6.18 Å². The number of hydrogen-bond donors (Lipinski definition) is 2. The van der Waals surface area contributed by atoms with Crippen molar-refractivity contribution in [3.8, 4) is 17.0 Å². The molecule has 0 aliphatic carbocycles. The van der Waals surface area contributed by atoms with E-state index in [4.69, 9.17) is 10.5 Å². The number of aromatic nitrogens is 1. The summed E-state index contributed by atoms with van der Waals surface area (Å²) in [6, 6.07) is 7.24. The molecule has 0 saturated carbocycles. The summed E-state index contributed by atoms with van der Waals surface area (Å²) >= 11 is 0. The van der Waals surface area contributed by atoms with Gasteiger partial charge in [0.2, 0.25) is 5.88 Å². The molecule has 0 spiro atoms. The Kier molecular flexibility index (Phi) is 4.23. The first-order valence-electron chi connectivity index (χ1n) is 6.91. The van der Waals surface area contributed by atoms with Crippen molar-refractivity contribution < 1.29 is 17.9 Å². The number of aliphatic imine (C=N–C) groups is 1. The fourth-order valence-corrected chi connectivity index (χ4v) is 3.87. The molecule has 1 aromatic heterocycles. The summed E-state index contributed by atoms with van der Waals surface area (Å²) in [6.45, 7) is 0. The van der Waals surface area contributed by atoms with Crippen molar-refractivity contribution in [1.29, 1.82) is 0 Å². The van der Waals surface area contributed by atoms with Crippen LogP contribution >= 0.6 is 10.9 Å². The first-order valence-corrected chi connectivity index (χ1v) is 8.32. The predicted molar refractivity (Wildman–Crippen MR) is 89.2 cm³/mol. The summed E-state index contributed by atoms with van der Waals surface area (Å²) in [7, 11) is 0.269. The molecule has 4 nitrogen and oxygen atoms in total. The third-order valence-electron chi connectivity index (χ3n) is 3.51. The zero-order valence-electron chi connectivity index (χ0n) is 12.6. The van der Waals surface area contributed by atoms with Crippen LogP contribution in [0.4, 0.5) is 13.2 Å². The maximum Gasteiger partial charge on any atom is 0.417 e. The van der Waals surface area contributed by atoms with Crippen molar-refractivity contribution in [3.63, 3.8) is 0 Å². The molecule has 0 amide bonds. The van der Waals surface area contributed by atoms with Crippen LogP contribution in [0.2, 0.25) is 0 Å². The Balaban J connectivity index is 2.12. The molecule has 2 heterocycles. The zero-order chi connectivity index (χ0) is 17.3. The molecular weight excluding hydrogens is 339 g/mol. The molecule has 0 fully saturated rings. The first-order chi connectivity index (χ1) is 11.4. The second-order valence-electron chi connectivity index (χ2n) is 4.97. The Morgan fingerprint density at radius 1 is 1.17 bits per heavy atom. The highest BCUT2D eigenvalue weighted by Crippen LogP contribution is 2.45. The van der Waals surface area contributed by atoms with Crippen molar-refractivity contribution in [2.45, 2.75) is 11.1 Å². The van der Waals surface area contributed by atoms with Gasteiger partial charge in [-0.15, -0.1) is 10.9 Å². The van der Waals surface area contributed by atoms with E-state index >= 15 is 0 Å². The lowest BCUT2D eigenvalue weighted by Crippen LogP contribution is -2.11. The molecule has 3 rings (SSSR count). The molecule has 1 aliphatic heterocycles. The Morgan fingerprint density at radius 3 is 2.58 bits per heavy atom. The molecule has 126 valence electrons. The van der Waals surface area contributed by atoms with Gasteiger partial charge in [0.05, 0.1) is 12.7 Å². The number of rotatable bonds is 3. The average molecular weight is 353 g/mol. The molecule has 0 saturated heterocycles. The molecule has 24 heavy (non-hydrogen) atoms. The van der Waals surface area contributed by atoms with Crippen LogP contribution in [-0.4, -0.2) is 17.3 Å². The minimum Gasteiger partial charge on any atom is -0.481 e. The van der Waals surface area contributed by atoms with Crippen molar-refractivity contribution in [2.75, 3.05) is 7.11 Å². The number of thiol groups is 1. The van der Waals surface area contributed by atoms with Crippen LogP contribution in [0.25, 0.3) is 11.1 Å². The van der Waals surface area contributed by atoms with E-state index in [-0.39, 0.29) is 11.4 Å². The summed E-state index contributed by atoms with van der Waals surface area (Å²) in [5.74, 6) is 0.254. The summed E-state index contributed by atoms with van der Waals surface area (Å²) in [4.78, 5) is 8.36. The summed E-state index contributed by atoms with van der Waals surface area (Å²) in [6.07, 6.45) is -1.56. The maximum absolute atomic E-state index is 13.6. The molecular formula is C16H14F3N3OS. The lowest BCUT2D eigenvalue weighted by atomic mass is 10.0. The third-order valence-corrected chi connectivity index (χ3v) is 5.39. The van der Waals surface area contributed by atoms with Crippen molar-refractivity contribution in [2.24, 2.45) is 10.7 Å². The van der Waals surface area contributed by atoms with Crippen LogP contribution in [0, 0.1) is 0 Å². The lowest BCUT2D eigenvalue weighted by molar-refractivity contribution is -0.137. The average Bonchev–Trinajstić information content (AvgIpc) is 2.99. The van der Waals surface area contributed by atoms with Crippen LogP contribution < -0.4 is 10.5 Å². The molecule has 0 radical (unpaired) electrons. The number of ether oxygens (including phenoxy) is 1. The van der Waals surface area contributed by atoms with Gasteiger partial charge in [-0.05, 0) is 39.6 Å². The Hall–Kier alpha value is -2.48. The fourth-order valence-electron chi connectivity index (χ4n) is 2.39. The summed E-state index contributed by atoms with van der Waals surface area (Å²) < 4.78 is 45.7. The number of halogens is 3. The van der Waals surface area contributed by atoms with E-state index in [1.807, 2.05) is 0 Å². The normalized spacial score (nSPS) is 18.5. The number of alkyl halides is 3. The van der Waals surface area contributed by atoms with Gasteiger partial charge in [-0.25, -0.2) is 9.98 Å². The molecule has 2 N–H and O–H groups in total. The van der Waals surface area contributed by atoms with Gasteiger partial charge < -0.3 is 10.5 Å². The van der Waals surface area contributed by atoms with Gasteiger partial charge in [0.25, 0.3) is 0 Å². The van der Waals surface area contributed by atoms with Gasteiger partial charge in [0.1, 0.15) is 5.17 Å². The van der Waals surface area contributed by atoms with Crippen molar-refractivity contribution in [3.05, 3.63) is 53.7 Å². The highest BCUT2D eigenvalue weighted by molar-refractivity contribution is 8.32. The molecule has 1 aliphatic rings. The number of nitrogens with zero attached hydrogens (tertiary/aromatic N) is 2. The van der Waals surface area contributed by atoms with Crippen LogP contribution in [0.3, 0.4) is 0 Å². The smallest absolute Gasteiger partial charge is 0.417 e. The first kappa shape index (κ1) is 16.4. The van der Waals surface area contributed by atoms with Crippen LogP contribution in [0.15, 0.2) is 58.0 Å². The van der Waals surface area contributed by atoms with Gasteiger partial charge >= 0.3 is 6.18 Å². The van der Waals surface area contributed by atoms with E-state index in [0.717, 1.165) is 6.07 Å². The number of methoxy groups -OCH3 is 1. The largest absolute Gasteiger partial charge is 0.481 e. The number of amidine groups is 1. The minimum atomic E-state index is -4.49. The second-order valence-corrected chi connectivity index (χ2v) is 6.98. The van der Waals surface area contributed by atoms with E-state index in [0.29, 0.717) is 15.6 Å². The molecule has 8 heteroatoms. The molecule has 0 bridgehead atoms. The Morgan fingerprint density at radius 2 is 1.96 bits per heavy atom. The highest BCUT2D eigenvalue weighted by atomic mass is 32.2. The van der Waals surface area contributed by atoms with E-state index in [2.05, 4.69) is 9.98 Å². The maximum atomic E-state index is 13.6. The minimum absolute atomic E-state index is 0.0700. The van der Waals surface area contributed by atoms with E-state index < -0.39 is 22.6 Å². The van der Waals surface area contributed by atoms with Crippen LogP contribution in [0.1, 0.15) is 5.56 Å². The number of hydrogen-bond acceptors (Lipinski definition) is 4. The molecule has 1 atom stereocenters. The van der Waals surface area contributed by atoms with E-state index in [1.54, 1.807) is 11.5 Å². The fraction of sp³-hybridized carbons (Fsp3) is 0.125. The molecule has 1 unspecified atom stereocenters. The standard InChI is InChI=1S/C16H14F3N3OS/c1-23-14-8-10(4-5-21-14)12-3-2-11(9-13(12)16(17,18)19)24-7-6-22-15(24)20/h2-9,24H,1H3,(H2,20,22). The molecule has 1 aromatic carbocycles. The topological polar surface area (TPSA) is 60.5 Å². The van der Waals surface area contributed by atoms with Gasteiger partial charge in [0.15, 0.2) is 0 Å². The van der Waals surface area contributed by atoms with Crippen LogP contribution in [0.5, 0.6) is 5.88 Å². The summed E-state index contributed by atoms with van der Waals surface area (Å²) in [5.41, 5.74) is 5.51. The number of benzene rings is 1. The Bertz CT molecular complexity index is 834.